The van der Waals surface area contributed by atoms with E-state index in [0.717, 1.165) is 11.1 Å². The largest absolute Gasteiger partial charge is 0.404 e. The molecule has 0 atom stereocenters. The van der Waals surface area contributed by atoms with Gasteiger partial charge in [-0.25, -0.2) is 0 Å². The van der Waals surface area contributed by atoms with Gasteiger partial charge in [0, 0.05) is 6.07 Å². The van der Waals surface area contributed by atoms with Gasteiger partial charge in [-0.3, -0.25) is 0 Å². The standard InChI is InChI=1S/C8H10N3O2/c12-10-9-5-11-6-13-8-4-2-1-3-7(8)11/h1-4,6,9-10,12H,5H2/q+1. The lowest BCUT2D eigenvalue weighted by molar-refractivity contribution is -0.683. The van der Waals surface area contributed by atoms with Gasteiger partial charge in [0.1, 0.15) is 0 Å². The van der Waals surface area contributed by atoms with E-state index in [1.807, 2.05) is 34.4 Å². The molecule has 0 aliphatic rings. The number of aromatic nitrogens is 1. The molecule has 1 heterocycles. The predicted molar refractivity (Wildman–Crippen MR) is 44.5 cm³/mol. The van der Waals surface area contributed by atoms with Gasteiger partial charge in [-0.05, 0) is 6.07 Å². The van der Waals surface area contributed by atoms with Gasteiger partial charge < -0.3 is 9.62 Å². The minimum absolute atomic E-state index is 0.438. The maximum Gasteiger partial charge on any atom is 0.336 e. The Morgan fingerprint density at radius 2 is 2.23 bits per heavy atom. The third kappa shape index (κ3) is 1.52. The Balaban J connectivity index is 2.35. The fraction of sp³-hybridized carbons (Fsp3) is 0.125. The number of hydrogen-bond donors (Lipinski definition) is 3. The van der Waals surface area contributed by atoms with E-state index in [2.05, 4.69) is 5.43 Å². The first-order valence-electron chi connectivity index (χ1n) is 3.89. The molecule has 0 amide bonds. The van der Waals surface area contributed by atoms with E-state index in [9.17, 15) is 0 Å². The Kier molecular flexibility index (Phi) is 2.22. The highest BCUT2D eigenvalue weighted by Crippen LogP contribution is 2.08. The van der Waals surface area contributed by atoms with Crippen molar-refractivity contribution < 1.29 is 14.2 Å². The van der Waals surface area contributed by atoms with Crippen LogP contribution in [0.1, 0.15) is 0 Å². The van der Waals surface area contributed by atoms with Crippen LogP contribution in [0.4, 0.5) is 0 Å². The third-order valence-electron chi connectivity index (χ3n) is 1.81. The molecular formula is C8H10N3O2+. The minimum Gasteiger partial charge on any atom is -0.404 e. The zero-order valence-corrected chi connectivity index (χ0v) is 6.90. The maximum atomic E-state index is 8.33. The summed E-state index contributed by atoms with van der Waals surface area (Å²) in [6.07, 6.45) is 1.59. The van der Waals surface area contributed by atoms with E-state index in [4.69, 9.17) is 9.62 Å². The van der Waals surface area contributed by atoms with E-state index in [1.165, 1.54) is 0 Å². The van der Waals surface area contributed by atoms with Crippen molar-refractivity contribution in [3.63, 3.8) is 0 Å². The topological polar surface area (TPSA) is 61.3 Å². The summed E-state index contributed by atoms with van der Waals surface area (Å²) in [5.41, 5.74) is 6.21. The van der Waals surface area contributed by atoms with Crippen LogP contribution in [0.2, 0.25) is 0 Å². The molecule has 1 aromatic heterocycles. The van der Waals surface area contributed by atoms with Crippen LogP contribution in [0.5, 0.6) is 0 Å². The number of fused-ring (bicyclic) bond motifs is 1. The van der Waals surface area contributed by atoms with Crippen LogP contribution < -0.4 is 15.6 Å². The molecule has 5 heteroatoms. The second-order valence-corrected chi connectivity index (χ2v) is 2.61. The van der Waals surface area contributed by atoms with Crippen LogP contribution in [0, 0.1) is 0 Å². The Morgan fingerprint density at radius 1 is 1.38 bits per heavy atom. The second-order valence-electron chi connectivity index (χ2n) is 2.61. The first-order chi connectivity index (χ1) is 6.42. The summed E-state index contributed by atoms with van der Waals surface area (Å²) in [7, 11) is 0. The quantitative estimate of drug-likeness (QED) is 0.465. The van der Waals surface area contributed by atoms with Crippen molar-refractivity contribution in [1.82, 2.24) is 11.0 Å². The molecule has 0 radical (unpaired) electrons. The average Bonchev–Trinajstić information content (AvgIpc) is 2.58. The normalized spacial score (nSPS) is 10.8. The number of para-hydroxylation sites is 2. The number of nitrogens with one attached hydrogen (secondary N) is 2. The van der Waals surface area contributed by atoms with Crippen molar-refractivity contribution >= 4 is 11.1 Å². The Labute approximate surface area is 74.5 Å². The third-order valence-corrected chi connectivity index (χ3v) is 1.81. The van der Waals surface area contributed by atoms with Crippen LogP contribution in [0.3, 0.4) is 0 Å². The highest BCUT2D eigenvalue weighted by Gasteiger charge is 2.10. The van der Waals surface area contributed by atoms with Crippen molar-refractivity contribution in [2.24, 2.45) is 0 Å². The molecule has 3 N–H and O–H groups in total. The highest BCUT2D eigenvalue weighted by molar-refractivity contribution is 5.67. The lowest BCUT2D eigenvalue weighted by Crippen LogP contribution is -2.44. The molecule has 0 aliphatic carbocycles. The van der Waals surface area contributed by atoms with Crippen molar-refractivity contribution in [1.29, 1.82) is 0 Å². The van der Waals surface area contributed by atoms with Gasteiger partial charge in [0.05, 0.1) is 0 Å². The van der Waals surface area contributed by atoms with Crippen LogP contribution in [0.25, 0.3) is 11.1 Å². The summed E-state index contributed by atoms with van der Waals surface area (Å²) in [4.78, 5) is 0. The SMILES string of the molecule is ONNC[n+]1coc2ccccc21. The molecule has 68 valence electrons. The molecule has 0 saturated heterocycles. The summed E-state index contributed by atoms with van der Waals surface area (Å²) < 4.78 is 7.09. The molecule has 2 rings (SSSR count). The minimum atomic E-state index is 0.438. The number of oxazole rings is 1. The van der Waals surface area contributed by atoms with Crippen LogP contribution in [0.15, 0.2) is 35.1 Å². The zero-order chi connectivity index (χ0) is 9.10. The van der Waals surface area contributed by atoms with E-state index in [1.54, 1.807) is 6.39 Å². The van der Waals surface area contributed by atoms with Gasteiger partial charge in [0.2, 0.25) is 12.3 Å². The summed E-state index contributed by atoms with van der Waals surface area (Å²) in [5, 5.41) is 8.33. The summed E-state index contributed by atoms with van der Waals surface area (Å²) in [6, 6.07) is 7.67. The number of nitrogens with zero attached hydrogens (tertiary/aromatic N) is 1. The Bertz CT molecular complexity index is 399. The fourth-order valence-corrected chi connectivity index (χ4v) is 1.21. The van der Waals surface area contributed by atoms with Crippen molar-refractivity contribution in [2.75, 3.05) is 0 Å². The van der Waals surface area contributed by atoms with E-state index in [0.29, 0.717) is 6.67 Å². The van der Waals surface area contributed by atoms with E-state index >= 15 is 0 Å². The lowest BCUT2D eigenvalue weighted by Gasteiger charge is -1.93. The first kappa shape index (κ1) is 8.18. The lowest BCUT2D eigenvalue weighted by atomic mass is 10.3. The summed E-state index contributed by atoms with van der Waals surface area (Å²) >= 11 is 0. The second kappa shape index (κ2) is 3.53. The van der Waals surface area contributed by atoms with E-state index in [-0.39, 0.29) is 0 Å². The molecule has 0 saturated carbocycles. The molecule has 13 heavy (non-hydrogen) atoms. The number of rotatable bonds is 3. The van der Waals surface area contributed by atoms with Gasteiger partial charge in [-0.1, -0.05) is 12.1 Å². The molecule has 0 unspecified atom stereocenters. The van der Waals surface area contributed by atoms with Crippen molar-refractivity contribution in [2.45, 2.75) is 6.67 Å². The van der Waals surface area contributed by atoms with Crippen LogP contribution in [-0.4, -0.2) is 5.21 Å². The van der Waals surface area contributed by atoms with E-state index < -0.39 is 0 Å². The molecule has 0 fully saturated rings. The van der Waals surface area contributed by atoms with Gasteiger partial charge >= 0.3 is 6.39 Å². The monoisotopic (exact) mass is 180 g/mol. The Morgan fingerprint density at radius 3 is 3.08 bits per heavy atom. The molecule has 0 aliphatic heterocycles. The molecule has 1 aromatic carbocycles. The molecule has 5 nitrogen and oxygen atoms in total. The fourth-order valence-electron chi connectivity index (χ4n) is 1.21. The Hall–Kier alpha value is -1.43. The van der Waals surface area contributed by atoms with Gasteiger partial charge in [-0.15, -0.1) is 10.2 Å². The van der Waals surface area contributed by atoms with Crippen molar-refractivity contribution in [3.05, 3.63) is 30.7 Å². The average molecular weight is 180 g/mol. The zero-order valence-electron chi connectivity index (χ0n) is 6.90. The predicted octanol–water partition coefficient (Wildman–Crippen LogP) is 0.161. The highest BCUT2D eigenvalue weighted by atomic mass is 16.5. The number of hydrogen-bond acceptors (Lipinski definition) is 4. The molecule has 0 spiro atoms. The maximum absolute atomic E-state index is 8.33. The molecular weight excluding hydrogens is 170 g/mol. The molecule has 0 bridgehead atoms. The summed E-state index contributed by atoms with van der Waals surface area (Å²) in [6.45, 7) is 0.438. The van der Waals surface area contributed by atoms with Crippen LogP contribution in [-0.2, 0) is 6.67 Å². The van der Waals surface area contributed by atoms with Gasteiger partial charge in [0.15, 0.2) is 0 Å². The molecule has 2 aromatic rings. The van der Waals surface area contributed by atoms with Crippen LogP contribution >= 0.6 is 0 Å². The first-order valence-corrected chi connectivity index (χ1v) is 3.89. The van der Waals surface area contributed by atoms with Gasteiger partial charge in [0.25, 0.3) is 5.52 Å². The number of benzene rings is 1. The smallest absolute Gasteiger partial charge is 0.336 e. The number of hydrazine groups is 1. The van der Waals surface area contributed by atoms with Crippen molar-refractivity contribution in [3.8, 4) is 0 Å². The summed E-state index contributed by atoms with van der Waals surface area (Å²) in [5.74, 6) is 0. The van der Waals surface area contributed by atoms with Gasteiger partial charge in [-0.2, -0.15) is 5.43 Å².